The van der Waals surface area contributed by atoms with Crippen LogP contribution in [0.1, 0.15) is 16.7 Å². The molecule has 0 bridgehead atoms. The van der Waals surface area contributed by atoms with E-state index in [0.29, 0.717) is 30.2 Å². The van der Waals surface area contributed by atoms with Gasteiger partial charge in [0.1, 0.15) is 0 Å². The van der Waals surface area contributed by atoms with Crippen LogP contribution in [0.2, 0.25) is 5.02 Å². The number of carbonyl (C=O) groups is 1. The number of rotatable bonds is 3. The lowest BCUT2D eigenvalue weighted by atomic mass is 9.99. The quantitative estimate of drug-likeness (QED) is 0.863. The van der Waals surface area contributed by atoms with Gasteiger partial charge < -0.3 is 9.64 Å². The van der Waals surface area contributed by atoms with Crippen LogP contribution in [0.15, 0.2) is 41.3 Å². The minimum atomic E-state index is -3.75. The molecule has 0 fully saturated rings. The normalized spacial score (nSPS) is 13.9. The summed E-state index contributed by atoms with van der Waals surface area (Å²) in [5, 5.41) is 0.395. The number of nitrogens with zero attached hydrogens (tertiary/aromatic N) is 1. The minimum absolute atomic E-state index is 0.0991. The number of nitrogens with one attached hydrogen (secondary N) is 1. The van der Waals surface area contributed by atoms with Gasteiger partial charge in [-0.2, -0.15) is 0 Å². The molecular weight excluding hydrogens is 376 g/mol. The van der Waals surface area contributed by atoms with E-state index in [9.17, 15) is 13.2 Å². The molecule has 0 atom stereocenters. The van der Waals surface area contributed by atoms with E-state index in [2.05, 4.69) is 4.72 Å². The summed E-state index contributed by atoms with van der Waals surface area (Å²) < 4.78 is 32.5. The van der Waals surface area contributed by atoms with Crippen molar-refractivity contribution in [2.24, 2.45) is 0 Å². The smallest absolute Gasteiger partial charge is 0.409 e. The fourth-order valence-electron chi connectivity index (χ4n) is 2.86. The van der Waals surface area contributed by atoms with Gasteiger partial charge in [0.25, 0.3) is 10.0 Å². The van der Waals surface area contributed by atoms with Crippen LogP contribution in [0.25, 0.3) is 0 Å². The van der Waals surface area contributed by atoms with Crippen LogP contribution in [0.3, 0.4) is 0 Å². The lowest BCUT2D eigenvalue weighted by molar-refractivity contribution is 0.118. The first kappa shape index (κ1) is 18.5. The monoisotopic (exact) mass is 394 g/mol. The van der Waals surface area contributed by atoms with Gasteiger partial charge in [0.15, 0.2) is 0 Å². The summed E-state index contributed by atoms with van der Waals surface area (Å²) in [7, 11) is -2.41. The first-order chi connectivity index (χ1) is 12.3. The molecule has 2 aromatic carbocycles. The van der Waals surface area contributed by atoms with Gasteiger partial charge in [-0.25, -0.2) is 13.2 Å². The minimum Gasteiger partial charge on any atom is -0.453 e. The van der Waals surface area contributed by atoms with E-state index in [4.69, 9.17) is 16.3 Å². The molecule has 2 aromatic rings. The molecule has 6 nitrogen and oxygen atoms in total. The van der Waals surface area contributed by atoms with Gasteiger partial charge in [-0.05, 0) is 54.3 Å². The van der Waals surface area contributed by atoms with Crippen molar-refractivity contribution >= 4 is 33.4 Å². The largest absolute Gasteiger partial charge is 0.453 e. The number of carbonyl (C=O) groups excluding carboxylic acids is 1. The molecule has 0 aliphatic carbocycles. The first-order valence-electron chi connectivity index (χ1n) is 8.04. The van der Waals surface area contributed by atoms with Crippen LogP contribution < -0.4 is 4.72 Å². The summed E-state index contributed by atoms with van der Waals surface area (Å²) in [6.45, 7) is 2.77. The third kappa shape index (κ3) is 3.78. The number of sulfonamides is 1. The molecule has 8 heteroatoms. The van der Waals surface area contributed by atoms with Gasteiger partial charge in [-0.1, -0.05) is 23.7 Å². The molecule has 0 saturated heterocycles. The molecule has 26 heavy (non-hydrogen) atoms. The van der Waals surface area contributed by atoms with Crippen molar-refractivity contribution in [2.75, 3.05) is 18.4 Å². The summed E-state index contributed by atoms with van der Waals surface area (Å²) in [6.07, 6.45) is 0.307. The number of hydrogen-bond acceptors (Lipinski definition) is 4. The molecule has 1 N–H and O–H groups in total. The standard InChI is InChI=1S/C18H19ClN2O4S/c1-12-3-6-16(10-17(12)19)26(23,24)20-15-5-4-13-7-8-21(18(22)25-2)11-14(13)9-15/h3-6,9-10,20H,7-8,11H2,1-2H3. The maximum atomic E-state index is 12.6. The molecule has 0 unspecified atom stereocenters. The van der Waals surface area contributed by atoms with Gasteiger partial charge in [0.05, 0.1) is 12.0 Å². The number of aryl methyl sites for hydroxylation is 1. The number of halogens is 1. The third-order valence-corrected chi connectivity index (χ3v) is 6.14. The van der Waals surface area contributed by atoms with Gasteiger partial charge in [-0.3, -0.25) is 4.72 Å². The van der Waals surface area contributed by atoms with Crippen LogP contribution in [-0.2, 0) is 27.7 Å². The van der Waals surface area contributed by atoms with Gasteiger partial charge in [0, 0.05) is 23.8 Å². The molecule has 1 amide bonds. The number of ether oxygens (including phenoxy) is 1. The predicted molar refractivity (Wildman–Crippen MR) is 100.0 cm³/mol. The predicted octanol–water partition coefficient (Wildman–Crippen LogP) is 3.57. The zero-order chi connectivity index (χ0) is 18.9. The highest BCUT2D eigenvalue weighted by Crippen LogP contribution is 2.26. The SMILES string of the molecule is COC(=O)N1CCc2ccc(NS(=O)(=O)c3ccc(C)c(Cl)c3)cc2C1. The van der Waals surface area contributed by atoms with Gasteiger partial charge in [-0.15, -0.1) is 0 Å². The summed E-state index contributed by atoms with van der Waals surface area (Å²) in [5.74, 6) is 0. The van der Waals surface area contributed by atoms with Crippen LogP contribution in [0.4, 0.5) is 10.5 Å². The summed E-state index contributed by atoms with van der Waals surface area (Å²) in [5.41, 5.74) is 3.23. The molecule has 0 saturated carbocycles. The van der Waals surface area contributed by atoms with Crippen molar-refractivity contribution in [3.8, 4) is 0 Å². The maximum Gasteiger partial charge on any atom is 0.409 e. The lowest BCUT2D eigenvalue weighted by Gasteiger charge is -2.28. The zero-order valence-corrected chi connectivity index (χ0v) is 16.0. The highest BCUT2D eigenvalue weighted by Gasteiger charge is 2.22. The van der Waals surface area contributed by atoms with Crippen LogP contribution in [-0.4, -0.2) is 33.1 Å². The molecular formula is C18H19ClN2O4S. The van der Waals surface area contributed by atoms with Crippen molar-refractivity contribution in [3.63, 3.8) is 0 Å². The Kier molecular flexibility index (Phi) is 5.11. The summed E-state index contributed by atoms with van der Waals surface area (Å²) in [4.78, 5) is 13.4. The fourth-order valence-corrected chi connectivity index (χ4v) is 4.18. The van der Waals surface area contributed by atoms with Crippen LogP contribution in [0.5, 0.6) is 0 Å². The summed E-state index contributed by atoms with van der Waals surface area (Å²) in [6, 6.07) is 9.96. The Morgan fingerprint density at radius 1 is 1.19 bits per heavy atom. The summed E-state index contributed by atoms with van der Waals surface area (Å²) >= 11 is 6.04. The molecule has 138 valence electrons. The lowest BCUT2D eigenvalue weighted by Crippen LogP contribution is -2.35. The number of fused-ring (bicyclic) bond motifs is 1. The topological polar surface area (TPSA) is 75.7 Å². The average Bonchev–Trinajstić information content (AvgIpc) is 2.62. The maximum absolute atomic E-state index is 12.6. The number of methoxy groups -OCH3 is 1. The Hall–Kier alpha value is -2.25. The van der Waals surface area contributed by atoms with E-state index in [1.807, 2.05) is 13.0 Å². The number of benzene rings is 2. The average molecular weight is 395 g/mol. The second kappa shape index (κ2) is 7.17. The number of amides is 1. The highest BCUT2D eigenvalue weighted by molar-refractivity contribution is 7.92. The Bertz CT molecular complexity index is 960. The van der Waals surface area contributed by atoms with E-state index in [-0.39, 0.29) is 4.90 Å². The molecule has 1 aliphatic heterocycles. The first-order valence-corrected chi connectivity index (χ1v) is 9.90. The third-order valence-electron chi connectivity index (χ3n) is 4.36. The number of hydrogen-bond donors (Lipinski definition) is 1. The highest BCUT2D eigenvalue weighted by atomic mass is 35.5. The van der Waals surface area contributed by atoms with Gasteiger partial charge >= 0.3 is 6.09 Å². The molecule has 1 heterocycles. The van der Waals surface area contributed by atoms with Crippen molar-refractivity contribution in [2.45, 2.75) is 24.8 Å². The Labute approximate surface area is 157 Å². The van der Waals surface area contributed by atoms with Crippen LogP contribution >= 0.6 is 11.6 Å². The molecule has 0 radical (unpaired) electrons. The Morgan fingerprint density at radius 3 is 2.65 bits per heavy atom. The second-order valence-corrected chi connectivity index (χ2v) is 8.23. The van der Waals surface area contributed by atoms with Crippen molar-refractivity contribution in [3.05, 3.63) is 58.1 Å². The molecule has 0 spiro atoms. The van der Waals surface area contributed by atoms with Crippen LogP contribution in [0, 0.1) is 6.92 Å². The zero-order valence-electron chi connectivity index (χ0n) is 14.5. The van der Waals surface area contributed by atoms with Gasteiger partial charge in [0.2, 0.25) is 0 Å². The fraction of sp³-hybridized carbons (Fsp3) is 0.278. The second-order valence-electron chi connectivity index (χ2n) is 6.14. The van der Waals surface area contributed by atoms with Crippen molar-refractivity contribution < 1.29 is 17.9 Å². The molecule has 1 aliphatic rings. The van der Waals surface area contributed by atoms with E-state index in [1.165, 1.54) is 19.2 Å². The van der Waals surface area contributed by atoms with E-state index in [0.717, 1.165) is 16.7 Å². The molecule has 3 rings (SSSR count). The van der Waals surface area contributed by atoms with E-state index < -0.39 is 16.1 Å². The van der Waals surface area contributed by atoms with Crippen molar-refractivity contribution in [1.82, 2.24) is 4.90 Å². The Balaban J connectivity index is 1.84. The van der Waals surface area contributed by atoms with Crippen molar-refractivity contribution in [1.29, 1.82) is 0 Å². The van der Waals surface area contributed by atoms with E-state index in [1.54, 1.807) is 23.1 Å². The Morgan fingerprint density at radius 2 is 1.96 bits per heavy atom. The van der Waals surface area contributed by atoms with E-state index >= 15 is 0 Å². The molecule has 0 aromatic heterocycles. The number of anilines is 1.